The minimum atomic E-state index is -0.228. The monoisotopic (exact) mass is 388 g/mol. The third-order valence-electron chi connectivity index (χ3n) is 7.81. The molecule has 3 aliphatic carbocycles. The zero-order valence-corrected chi connectivity index (χ0v) is 17.2. The van der Waals surface area contributed by atoms with Crippen molar-refractivity contribution in [2.75, 3.05) is 7.11 Å². The number of carbonyl (C=O) groups excluding carboxylic acids is 1. The quantitative estimate of drug-likeness (QED) is 0.689. The molecule has 3 aliphatic rings. The van der Waals surface area contributed by atoms with E-state index >= 15 is 0 Å². The maximum atomic E-state index is 13.4. The number of benzene rings is 2. The van der Waals surface area contributed by atoms with Gasteiger partial charge in [-0.1, -0.05) is 25.1 Å². The van der Waals surface area contributed by atoms with Gasteiger partial charge in [-0.05, 0) is 102 Å². The molecule has 4 atom stereocenters. The second-order valence-corrected chi connectivity index (χ2v) is 9.23. The van der Waals surface area contributed by atoms with Crippen molar-refractivity contribution < 1.29 is 14.6 Å². The molecule has 0 heterocycles. The van der Waals surface area contributed by atoms with Crippen LogP contribution >= 0.6 is 0 Å². The topological polar surface area (TPSA) is 46.5 Å². The molecule has 2 aromatic rings. The Morgan fingerprint density at radius 2 is 1.93 bits per heavy atom. The third kappa shape index (κ3) is 2.90. The van der Waals surface area contributed by atoms with Gasteiger partial charge in [0.1, 0.15) is 11.5 Å². The molecule has 1 N–H and O–H groups in total. The SMILES string of the molecule is COc1ccc(/C=C2\C[C@H]3[C@H]4CCc5cc(O)ccc5[C@H]4CC[C@@]3(C)C2=O)cc1. The highest BCUT2D eigenvalue weighted by atomic mass is 16.5. The van der Waals surface area contributed by atoms with Gasteiger partial charge in [-0.2, -0.15) is 0 Å². The van der Waals surface area contributed by atoms with Crippen molar-refractivity contribution in [3.63, 3.8) is 0 Å². The number of ether oxygens (including phenoxy) is 1. The summed E-state index contributed by atoms with van der Waals surface area (Å²) in [5, 5.41) is 9.86. The number of rotatable bonds is 2. The van der Waals surface area contributed by atoms with Crippen LogP contribution in [0.15, 0.2) is 48.0 Å². The molecule has 150 valence electrons. The number of ketones is 1. The van der Waals surface area contributed by atoms with Crippen LogP contribution in [0.2, 0.25) is 0 Å². The molecule has 0 unspecified atom stereocenters. The van der Waals surface area contributed by atoms with Gasteiger partial charge in [-0.3, -0.25) is 4.79 Å². The Balaban J connectivity index is 1.46. The largest absolute Gasteiger partial charge is 0.508 e. The molecule has 3 nitrogen and oxygen atoms in total. The number of phenols is 1. The molecular weight excluding hydrogens is 360 g/mol. The molecule has 3 heteroatoms. The number of allylic oxidation sites excluding steroid dienone is 1. The molecule has 0 spiro atoms. The van der Waals surface area contributed by atoms with Crippen molar-refractivity contribution in [1.29, 1.82) is 0 Å². The van der Waals surface area contributed by atoms with Crippen LogP contribution in [0.4, 0.5) is 0 Å². The Morgan fingerprint density at radius 3 is 2.69 bits per heavy atom. The highest BCUT2D eigenvalue weighted by Crippen LogP contribution is 2.60. The summed E-state index contributed by atoms with van der Waals surface area (Å²) in [6, 6.07) is 13.8. The van der Waals surface area contributed by atoms with Crippen molar-refractivity contribution in [2.45, 2.75) is 44.9 Å². The average molecular weight is 389 g/mol. The van der Waals surface area contributed by atoms with Crippen molar-refractivity contribution in [3.05, 3.63) is 64.7 Å². The van der Waals surface area contributed by atoms with Crippen LogP contribution in [0.1, 0.15) is 55.2 Å². The van der Waals surface area contributed by atoms with E-state index in [1.165, 1.54) is 11.1 Å². The minimum absolute atomic E-state index is 0.228. The number of methoxy groups -OCH3 is 1. The summed E-state index contributed by atoms with van der Waals surface area (Å²) in [7, 11) is 1.67. The van der Waals surface area contributed by atoms with Gasteiger partial charge in [0.25, 0.3) is 0 Å². The van der Waals surface area contributed by atoms with Crippen LogP contribution in [0.3, 0.4) is 0 Å². The lowest BCUT2D eigenvalue weighted by molar-refractivity contribution is -0.127. The number of phenolic OH excluding ortho intramolecular Hbond substituents is 1. The molecule has 0 aliphatic heterocycles. The summed E-state index contributed by atoms with van der Waals surface area (Å²) in [6.07, 6.45) is 7.12. The van der Waals surface area contributed by atoms with Crippen molar-refractivity contribution in [1.82, 2.24) is 0 Å². The van der Waals surface area contributed by atoms with E-state index in [0.29, 0.717) is 29.3 Å². The summed E-state index contributed by atoms with van der Waals surface area (Å²) in [5.41, 5.74) is 4.53. The van der Waals surface area contributed by atoms with E-state index in [1.807, 2.05) is 36.4 Å². The Bertz CT molecular complexity index is 988. The van der Waals surface area contributed by atoms with E-state index in [9.17, 15) is 9.90 Å². The predicted molar refractivity (Wildman–Crippen MR) is 114 cm³/mol. The standard InChI is InChI=1S/C26H28O3/c1-26-12-11-22-21-10-6-19(27)14-17(21)5-9-23(22)24(26)15-18(25(26)28)13-16-3-7-20(29-2)8-4-16/h3-4,6-8,10,13-14,22-24,27H,5,9,11-12,15H2,1-2H3/b18-13+/t22-,23+,24+,26-/m1/s1. The summed E-state index contributed by atoms with van der Waals surface area (Å²) in [6.45, 7) is 2.21. The van der Waals surface area contributed by atoms with Crippen molar-refractivity contribution >= 4 is 11.9 Å². The van der Waals surface area contributed by atoms with E-state index < -0.39 is 0 Å². The maximum Gasteiger partial charge on any atom is 0.165 e. The normalized spacial score (nSPS) is 31.9. The second kappa shape index (κ2) is 6.76. The first-order valence-electron chi connectivity index (χ1n) is 10.7. The van der Waals surface area contributed by atoms with Crippen molar-refractivity contribution in [3.8, 4) is 11.5 Å². The highest BCUT2D eigenvalue weighted by molar-refractivity contribution is 6.06. The zero-order chi connectivity index (χ0) is 20.2. The number of aryl methyl sites for hydroxylation is 1. The predicted octanol–water partition coefficient (Wildman–Crippen LogP) is 5.52. The van der Waals surface area contributed by atoms with Gasteiger partial charge in [-0.25, -0.2) is 0 Å². The number of hydrogen-bond acceptors (Lipinski definition) is 3. The Hall–Kier alpha value is -2.55. The smallest absolute Gasteiger partial charge is 0.165 e. The first kappa shape index (κ1) is 18.5. The molecule has 0 bridgehead atoms. The third-order valence-corrected chi connectivity index (χ3v) is 7.81. The van der Waals surface area contributed by atoms with Gasteiger partial charge in [0.05, 0.1) is 7.11 Å². The van der Waals surface area contributed by atoms with Crippen LogP contribution in [-0.2, 0) is 11.2 Å². The van der Waals surface area contributed by atoms with E-state index in [1.54, 1.807) is 7.11 Å². The van der Waals surface area contributed by atoms with Gasteiger partial charge in [0.2, 0.25) is 0 Å². The first-order valence-corrected chi connectivity index (χ1v) is 10.7. The number of aromatic hydroxyl groups is 1. The van der Waals surface area contributed by atoms with Gasteiger partial charge in [-0.15, -0.1) is 0 Å². The van der Waals surface area contributed by atoms with Crippen LogP contribution in [-0.4, -0.2) is 18.0 Å². The van der Waals surface area contributed by atoms with Gasteiger partial charge < -0.3 is 9.84 Å². The molecule has 0 aromatic heterocycles. The molecule has 0 radical (unpaired) electrons. The molecule has 5 rings (SSSR count). The van der Waals surface area contributed by atoms with E-state index in [0.717, 1.165) is 49.0 Å². The fourth-order valence-corrected chi connectivity index (χ4v) is 6.27. The van der Waals surface area contributed by atoms with E-state index in [4.69, 9.17) is 4.74 Å². The summed E-state index contributed by atoms with van der Waals surface area (Å²) in [5.74, 6) is 3.04. The van der Waals surface area contributed by atoms with Gasteiger partial charge >= 0.3 is 0 Å². The molecule has 29 heavy (non-hydrogen) atoms. The molecule has 2 fully saturated rings. The summed E-state index contributed by atoms with van der Waals surface area (Å²) >= 11 is 0. The van der Waals surface area contributed by atoms with Crippen LogP contribution in [0.5, 0.6) is 11.5 Å². The van der Waals surface area contributed by atoms with Crippen LogP contribution in [0.25, 0.3) is 6.08 Å². The summed E-state index contributed by atoms with van der Waals surface area (Å²) < 4.78 is 5.25. The lowest BCUT2D eigenvalue weighted by atomic mass is 9.55. The molecule has 0 saturated heterocycles. The minimum Gasteiger partial charge on any atom is -0.508 e. The summed E-state index contributed by atoms with van der Waals surface area (Å²) in [4.78, 5) is 13.4. The van der Waals surface area contributed by atoms with Crippen LogP contribution in [0, 0.1) is 17.3 Å². The van der Waals surface area contributed by atoms with E-state index in [2.05, 4.69) is 19.1 Å². The zero-order valence-electron chi connectivity index (χ0n) is 17.2. The van der Waals surface area contributed by atoms with E-state index in [-0.39, 0.29) is 5.41 Å². The average Bonchev–Trinajstić information content (AvgIpc) is 2.99. The van der Waals surface area contributed by atoms with Gasteiger partial charge in [0, 0.05) is 5.41 Å². The number of fused-ring (bicyclic) bond motifs is 5. The Morgan fingerprint density at radius 1 is 1.14 bits per heavy atom. The lowest BCUT2D eigenvalue weighted by Crippen LogP contribution is -2.42. The van der Waals surface area contributed by atoms with Crippen molar-refractivity contribution in [2.24, 2.45) is 17.3 Å². The van der Waals surface area contributed by atoms with Gasteiger partial charge in [0.15, 0.2) is 5.78 Å². The molecular formula is C26H28O3. The fraction of sp³-hybridized carbons (Fsp3) is 0.423. The number of hydrogen-bond donors (Lipinski definition) is 1. The molecule has 2 saturated carbocycles. The maximum absolute atomic E-state index is 13.4. The Kier molecular flexibility index (Phi) is 4.31. The fourth-order valence-electron chi connectivity index (χ4n) is 6.27. The number of Topliss-reactive ketones (excluding diaryl/α,β-unsaturated/α-hetero) is 1. The second-order valence-electron chi connectivity index (χ2n) is 9.23. The molecule has 2 aromatic carbocycles. The first-order chi connectivity index (χ1) is 14.0. The molecule has 0 amide bonds. The lowest BCUT2D eigenvalue weighted by Gasteiger charge is -2.48. The van der Waals surface area contributed by atoms with Crippen LogP contribution < -0.4 is 4.74 Å². The highest BCUT2D eigenvalue weighted by Gasteiger charge is 2.56. The Labute approximate surface area is 172 Å². The number of carbonyl (C=O) groups is 1.